The number of allylic oxidation sites excluding steroid dienone is 1. The Morgan fingerprint density at radius 3 is 2.77 bits per heavy atom. The van der Waals surface area contributed by atoms with Crippen molar-refractivity contribution in [2.24, 2.45) is 5.10 Å². The van der Waals surface area contributed by atoms with Crippen molar-refractivity contribution >= 4 is 11.9 Å². The zero-order chi connectivity index (χ0) is 15.2. The summed E-state index contributed by atoms with van der Waals surface area (Å²) in [5, 5.41) is 4.24. The normalized spacial score (nSPS) is 16.3. The average molecular weight is 290 g/mol. The van der Waals surface area contributed by atoms with Crippen molar-refractivity contribution in [3.63, 3.8) is 0 Å². The van der Waals surface area contributed by atoms with Gasteiger partial charge in [0.05, 0.1) is 11.9 Å². The van der Waals surface area contributed by atoms with E-state index in [0.29, 0.717) is 0 Å². The molecule has 1 aliphatic heterocycles. The van der Waals surface area contributed by atoms with Gasteiger partial charge in [0.25, 0.3) is 0 Å². The second-order valence-electron chi connectivity index (χ2n) is 5.05. The average Bonchev–Trinajstić information content (AvgIpc) is 3.07. The minimum Gasteiger partial charge on any atom is -0.343 e. The Balaban J connectivity index is 1.63. The fraction of sp³-hybridized carbons (Fsp3) is 0.111. The number of hydrogen-bond acceptors (Lipinski definition) is 4. The maximum atomic E-state index is 4.24. The molecule has 0 fully saturated rings. The van der Waals surface area contributed by atoms with Crippen molar-refractivity contribution in [1.82, 2.24) is 10.4 Å². The highest BCUT2D eigenvalue weighted by molar-refractivity contribution is 5.76. The summed E-state index contributed by atoms with van der Waals surface area (Å²) < 4.78 is 0. The van der Waals surface area contributed by atoms with Crippen LogP contribution in [-0.4, -0.2) is 17.7 Å². The lowest BCUT2D eigenvalue weighted by atomic mass is 10.2. The largest absolute Gasteiger partial charge is 0.343 e. The van der Waals surface area contributed by atoms with Gasteiger partial charge in [0.15, 0.2) is 0 Å². The number of anilines is 1. The van der Waals surface area contributed by atoms with Crippen LogP contribution in [0, 0.1) is 0 Å². The summed E-state index contributed by atoms with van der Waals surface area (Å²) >= 11 is 0. The van der Waals surface area contributed by atoms with Crippen LogP contribution in [0.4, 0.5) is 5.69 Å². The zero-order valence-corrected chi connectivity index (χ0v) is 12.5. The smallest absolute Gasteiger partial charge is 0.0830 e. The fourth-order valence-corrected chi connectivity index (χ4v) is 2.23. The highest BCUT2D eigenvalue weighted by atomic mass is 15.3. The van der Waals surface area contributed by atoms with Crippen molar-refractivity contribution in [2.75, 3.05) is 11.4 Å². The lowest BCUT2D eigenvalue weighted by Crippen LogP contribution is -2.15. The Bertz CT molecular complexity index is 702. The zero-order valence-electron chi connectivity index (χ0n) is 12.5. The van der Waals surface area contributed by atoms with Crippen LogP contribution in [0.15, 0.2) is 83.4 Å². The Labute approximate surface area is 130 Å². The lowest BCUT2D eigenvalue weighted by Gasteiger charge is -2.16. The molecule has 1 aliphatic rings. The molecule has 0 radical (unpaired) electrons. The molecule has 0 atom stereocenters. The topological polar surface area (TPSA) is 40.5 Å². The number of aromatic nitrogens is 1. The van der Waals surface area contributed by atoms with Crippen LogP contribution in [-0.2, 0) is 0 Å². The second-order valence-corrected chi connectivity index (χ2v) is 5.05. The van der Waals surface area contributed by atoms with E-state index in [1.54, 1.807) is 12.4 Å². The molecule has 0 amide bonds. The molecule has 110 valence electrons. The number of para-hydroxylation sites is 1. The number of hydrogen-bond donors (Lipinski definition) is 1. The third-order valence-electron chi connectivity index (χ3n) is 3.48. The summed E-state index contributed by atoms with van der Waals surface area (Å²) in [6.45, 7) is 2.88. The van der Waals surface area contributed by atoms with Gasteiger partial charge in [0.1, 0.15) is 0 Å². The van der Waals surface area contributed by atoms with E-state index >= 15 is 0 Å². The first-order valence-corrected chi connectivity index (χ1v) is 7.23. The lowest BCUT2D eigenvalue weighted by molar-refractivity contribution is 0.871. The summed E-state index contributed by atoms with van der Waals surface area (Å²) in [5.41, 5.74) is 7.37. The van der Waals surface area contributed by atoms with Crippen LogP contribution in [0.3, 0.4) is 0 Å². The molecule has 4 heteroatoms. The third kappa shape index (κ3) is 3.41. The predicted molar refractivity (Wildman–Crippen MR) is 90.6 cm³/mol. The highest BCUT2D eigenvalue weighted by Gasteiger charge is 2.12. The quantitative estimate of drug-likeness (QED) is 0.693. The Hall–Kier alpha value is -2.88. The SMILES string of the molecule is CC(NN=Cc1ccccn1)=C1C=CN(c2ccccc2)C1. The molecule has 0 saturated carbocycles. The van der Waals surface area contributed by atoms with E-state index in [1.165, 1.54) is 11.3 Å². The van der Waals surface area contributed by atoms with Gasteiger partial charge < -0.3 is 4.90 Å². The maximum Gasteiger partial charge on any atom is 0.0830 e. The second kappa shape index (κ2) is 6.72. The number of pyridine rings is 1. The highest BCUT2D eigenvalue weighted by Crippen LogP contribution is 2.22. The number of nitrogens with zero attached hydrogens (tertiary/aromatic N) is 3. The molecule has 0 spiro atoms. The van der Waals surface area contributed by atoms with Gasteiger partial charge in [-0.3, -0.25) is 10.4 Å². The van der Waals surface area contributed by atoms with E-state index in [-0.39, 0.29) is 0 Å². The van der Waals surface area contributed by atoms with E-state index in [4.69, 9.17) is 0 Å². The first-order chi connectivity index (χ1) is 10.8. The van der Waals surface area contributed by atoms with E-state index in [2.05, 4.69) is 44.8 Å². The summed E-state index contributed by atoms with van der Waals surface area (Å²) in [4.78, 5) is 6.41. The van der Waals surface area contributed by atoms with Gasteiger partial charge in [-0.15, -0.1) is 0 Å². The van der Waals surface area contributed by atoms with Crippen LogP contribution in [0.5, 0.6) is 0 Å². The van der Waals surface area contributed by atoms with Crippen molar-refractivity contribution < 1.29 is 0 Å². The van der Waals surface area contributed by atoms with E-state index < -0.39 is 0 Å². The van der Waals surface area contributed by atoms with Crippen molar-refractivity contribution in [1.29, 1.82) is 0 Å². The van der Waals surface area contributed by atoms with Crippen molar-refractivity contribution in [3.8, 4) is 0 Å². The molecule has 1 aromatic carbocycles. The predicted octanol–water partition coefficient (Wildman–Crippen LogP) is 3.31. The van der Waals surface area contributed by atoms with Crippen molar-refractivity contribution in [2.45, 2.75) is 6.92 Å². The molecular weight excluding hydrogens is 272 g/mol. The first kappa shape index (κ1) is 14.1. The molecule has 1 N–H and O–H groups in total. The van der Waals surface area contributed by atoms with Gasteiger partial charge in [-0.25, -0.2) is 0 Å². The minimum atomic E-state index is 0.834. The first-order valence-electron chi connectivity index (χ1n) is 7.23. The van der Waals surface area contributed by atoms with Gasteiger partial charge >= 0.3 is 0 Å². The molecule has 4 nitrogen and oxygen atoms in total. The molecule has 0 aliphatic carbocycles. The monoisotopic (exact) mass is 290 g/mol. The van der Waals surface area contributed by atoms with Crippen molar-refractivity contribution in [3.05, 3.63) is 84.0 Å². The molecule has 2 heterocycles. The summed E-state index contributed by atoms with van der Waals surface area (Å²) in [7, 11) is 0. The third-order valence-corrected chi connectivity index (χ3v) is 3.48. The van der Waals surface area contributed by atoms with Gasteiger partial charge in [0.2, 0.25) is 0 Å². The standard InChI is InChI=1S/C18H18N4/c1-15(21-20-13-17-7-5-6-11-19-17)16-10-12-22(14-16)18-8-3-2-4-9-18/h2-13,21H,14H2,1H3. The van der Waals surface area contributed by atoms with Gasteiger partial charge in [-0.1, -0.05) is 24.3 Å². The molecule has 0 unspecified atom stereocenters. The Kier molecular flexibility index (Phi) is 4.30. The number of hydrazone groups is 1. The molecule has 1 aromatic heterocycles. The molecular formula is C18H18N4. The Morgan fingerprint density at radius 2 is 2.00 bits per heavy atom. The Morgan fingerprint density at radius 1 is 1.18 bits per heavy atom. The molecule has 2 aromatic rings. The van der Waals surface area contributed by atoms with E-state index in [1.807, 2.05) is 43.3 Å². The maximum absolute atomic E-state index is 4.24. The number of rotatable bonds is 4. The van der Waals surface area contributed by atoms with Crippen LogP contribution in [0.1, 0.15) is 12.6 Å². The van der Waals surface area contributed by atoms with Crippen LogP contribution in [0.25, 0.3) is 0 Å². The summed E-state index contributed by atoms with van der Waals surface area (Å²) in [6.07, 6.45) is 7.69. The molecule has 0 bridgehead atoms. The molecule has 22 heavy (non-hydrogen) atoms. The molecule has 3 rings (SSSR count). The molecule has 0 saturated heterocycles. The number of nitrogens with one attached hydrogen (secondary N) is 1. The van der Waals surface area contributed by atoms with Gasteiger partial charge in [-0.2, -0.15) is 5.10 Å². The number of benzene rings is 1. The van der Waals surface area contributed by atoms with Crippen LogP contribution < -0.4 is 10.3 Å². The van der Waals surface area contributed by atoms with Gasteiger partial charge in [0, 0.05) is 30.3 Å². The minimum absolute atomic E-state index is 0.834. The van der Waals surface area contributed by atoms with Gasteiger partial charge in [-0.05, 0) is 42.8 Å². The van der Waals surface area contributed by atoms with Crippen LogP contribution in [0.2, 0.25) is 0 Å². The fourth-order valence-electron chi connectivity index (χ4n) is 2.23. The summed E-state index contributed by atoms with van der Waals surface area (Å²) in [5.74, 6) is 0. The van der Waals surface area contributed by atoms with Crippen LogP contribution >= 0.6 is 0 Å². The summed E-state index contributed by atoms with van der Waals surface area (Å²) in [6, 6.07) is 16.1. The van der Waals surface area contributed by atoms with E-state index in [9.17, 15) is 0 Å². The van der Waals surface area contributed by atoms with E-state index in [0.717, 1.165) is 17.9 Å².